The van der Waals surface area contributed by atoms with Gasteiger partial charge in [-0.05, 0) is 69.3 Å². The summed E-state index contributed by atoms with van der Waals surface area (Å²) in [5, 5.41) is 12.6. The Labute approximate surface area is 215 Å². The molecule has 7 heteroatoms. The number of hydrogen-bond acceptors (Lipinski definition) is 4. The molecule has 0 bridgehead atoms. The maximum atomic E-state index is 13.2. The molecular formula is C29H44F2N2O3. The highest BCUT2D eigenvalue weighted by atomic mass is 19.1. The molecule has 0 fully saturated rings. The van der Waals surface area contributed by atoms with E-state index in [0.29, 0.717) is 24.4 Å². The lowest BCUT2D eigenvalue weighted by molar-refractivity contribution is -0.117. The van der Waals surface area contributed by atoms with E-state index in [0.717, 1.165) is 48.8 Å². The topological polar surface area (TPSA) is 61.8 Å². The monoisotopic (exact) mass is 506 g/mol. The van der Waals surface area contributed by atoms with E-state index in [2.05, 4.69) is 24.1 Å². The first-order chi connectivity index (χ1) is 17.1. The van der Waals surface area contributed by atoms with Crippen LogP contribution in [0.1, 0.15) is 63.6 Å². The van der Waals surface area contributed by atoms with Crippen molar-refractivity contribution in [3.63, 3.8) is 0 Å². The molecule has 0 heterocycles. The Morgan fingerprint density at radius 2 is 1.67 bits per heavy atom. The molecule has 202 valence electrons. The summed E-state index contributed by atoms with van der Waals surface area (Å²) in [6.07, 6.45) is 2.26. The molecule has 1 atom stereocenters. The second-order valence-corrected chi connectivity index (χ2v) is 9.63. The molecule has 0 saturated carbocycles. The zero-order valence-electron chi connectivity index (χ0n) is 22.7. The third kappa shape index (κ3) is 12.6. The van der Waals surface area contributed by atoms with E-state index in [-0.39, 0.29) is 19.1 Å². The maximum Gasteiger partial charge on any atom is 0.238 e. The Kier molecular flexibility index (Phi) is 15.1. The lowest BCUT2D eigenvalue weighted by atomic mass is 10.1. The highest BCUT2D eigenvalue weighted by Crippen LogP contribution is 2.19. The number of aryl methyl sites for hydroxylation is 2. The number of aliphatic hydroxyl groups is 1. The molecule has 2 rings (SSSR count). The number of amides is 1. The minimum Gasteiger partial charge on any atom is -0.391 e. The summed E-state index contributed by atoms with van der Waals surface area (Å²) < 4.78 is 31.0. The Balaban J connectivity index is 0.000000362. The number of carbonyl (C=O) groups is 1. The van der Waals surface area contributed by atoms with Crippen molar-refractivity contribution in [1.29, 1.82) is 0 Å². The standard InChI is InChI=1S/C16H26N2O.C13H18F2O2/c1-5-10-18(11-6-2)12-15(19)17-16-13(3)8-7-9-14(16)4;1-9(2)5-12(16)8-17-7-10-3-4-11(14)6-13(10)15/h7-9H,5-6,10-12H2,1-4H3,(H,17,19);3-4,6,9,12,16H,5,7-8H2,1-2H3. The zero-order chi connectivity index (χ0) is 27.1. The fourth-order valence-corrected chi connectivity index (χ4v) is 3.85. The number of rotatable bonds is 13. The van der Waals surface area contributed by atoms with Gasteiger partial charge in [0.1, 0.15) is 11.6 Å². The number of nitrogens with zero attached hydrogens (tertiary/aromatic N) is 1. The average Bonchev–Trinajstić information content (AvgIpc) is 2.78. The maximum absolute atomic E-state index is 13.2. The average molecular weight is 507 g/mol. The normalized spacial score (nSPS) is 11.9. The Hall–Kier alpha value is -2.35. The minimum absolute atomic E-state index is 0.0429. The number of ether oxygens (including phenoxy) is 1. The number of nitrogens with one attached hydrogen (secondary N) is 1. The lowest BCUT2D eigenvalue weighted by Gasteiger charge is -2.21. The fraction of sp³-hybridized carbons (Fsp3) is 0.552. The largest absolute Gasteiger partial charge is 0.391 e. The van der Waals surface area contributed by atoms with Crippen LogP contribution < -0.4 is 5.32 Å². The van der Waals surface area contributed by atoms with Gasteiger partial charge in [0.05, 0.1) is 25.9 Å². The molecule has 0 aliphatic carbocycles. The van der Waals surface area contributed by atoms with E-state index >= 15 is 0 Å². The number of carbonyl (C=O) groups excluding carboxylic acids is 1. The second-order valence-electron chi connectivity index (χ2n) is 9.63. The van der Waals surface area contributed by atoms with E-state index in [1.165, 1.54) is 12.1 Å². The second kappa shape index (κ2) is 17.2. The number of benzene rings is 2. The predicted octanol–water partition coefficient (Wildman–Crippen LogP) is 6.25. The molecular weight excluding hydrogens is 462 g/mol. The molecule has 0 spiro atoms. The Morgan fingerprint density at radius 1 is 1.06 bits per heavy atom. The van der Waals surface area contributed by atoms with Crippen molar-refractivity contribution < 1.29 is 23.4 Å². The van der Waals surface area contributed by atoms with Crippen LogP contribution in [-0.4, -0.2) is 48.3 Å². The van der Waals surface area contributed by atoms with E-state index in [1.54, 1.807) is 0 Å². The van der Waals surface area contributed by atoms with Gasteiger partial charge in [0.15, 0.2) is 0 Å². The molecule has 2 aromatic rings. The van der Waals surface area contributed by atoms with E-state index in [9.17, 15) is 18.7 Å². The summed E-state index contributed by atoms with van der Waals surface area (Å²) in [5.41, 5.74) is 3.49. The number of halogens is 2. The van der Waals surface area contributed by atoms with Gasteiger partial charge in [-0.3, -0.25) is 9.69 Å². The summed E-state index contributed by atoms with van der Waals surface area (Å²) in [7, 11) is 0. The van der Waals surface area contributed by atoms with Crippen LogP contribution in [0.3, 0.4) is 0 Å². The van der Waals surface area contributed by atoms with Crippen LogP contribution in [0.15, 0.2) is 36.4 Å². The Morgan fingerprint density at radius 3 is 2.19 bits per heavy atom. The SMILES string of the molecule is CC(C)CC(O)COCc1ccc(F)cc1F.CCCN(CCC)CC(=O)Nc1c(C)cccc1C. The molecule has 2 aromatic carbocycles. The summed E-state index contributed by atoms with van der Waals surface area (Å²) in [5.74, 6) is -0.759. The quantitative estimate of drug-likeness (QED) is 0.337. The molecule has 0 radical (unpaired) electrons. The van der Waals surface area contributed by atoms with E-state index < -0.39 is 17.7 Å². The highest BCUT2D eigenvalue weighted by Gasteiger charge is 2.12. The van der Waals surface area contributed by atoms with Gasteiger partial charge >= 0.3 is 0 Å². The number of para-hydroxylation sites is 1. The number of hydrogen-bond donors (Lipinski definition) is 2. The molecule has 0 saturated heterocycles. The van der Waals surface area contributed by atoms with Gasteiger partial charge in [0.2, 0.25) is 5.91 Å². The fourth-order valence-electron chi connectivity index (χ4n) is 3.85. The van der Waals surface area contributed by atoms with Crippen LogP contribution in [0.5, 0.6) is 0 Å². The van der Waals surface area contributed by atoms with Crippen molar-refractivity contribution >= 4 is 11.6 Å². The summed E-state index contributed by atoms with van der Waals surface area (Å²) in [4.78, 5) is 14.3. The number of aliphatic hydroxyl groups excluding tert-OH is 1. The van der Waals surface area contributed by atoms with Gasteiger partial charge in [-0.2, -0.15) is 0 Å². The van der Waals surface area contributed by atoms with E-state index in [1.807, 2.05) is 45.9 Å². The Bertz CT molecular complexity index is 895. The predicted molar refractivity (Wildman–Crippen MR) is 143 cm³/mol. The van der Waals surface area contributed by atoms with Crippen molar-refractivity contribution in [1.82, 2.24) is 4.90 Å². The number of anilines is 1. The van der Waals surface area contributed by atoms with Crippen LogP contribution in [0.2, 0.25) is 0 Å². The van der Waals surface area contributed by atoms with Gasteiger partial charge in [-0.25, -0.2) is 8.78 Å². The van der Waals surface area contributed by atoms with Crippen molar-refractivity contribution in [3.05, 3.63) is 64.7 Å². The van der Waals surface area contributed by atoms with E-state index in [4.69, 9.17) is 4.74 Å². The van der Waals surface area contributed by atoms with Crippen LogP contribution in [0.4, 0.5) is 14.5 Å². The van der Waals surface area contributed by atoms with Gasteiger partial charge < -0.3 is 15.2 Å². The van der Waals surface area contributed by atoms with Gasteiger partial charge in [0, 0.05) is 17.3 Å². The zero-order valence-corrected chi connectivity index (χ0v) is 22.7. The van der Waals surface area contributed by atoms with Crippen LogP contribution in [0, 0.1) is 31.4 Å². The van der Waals surface area contributed by atoms with Gasteiger partial charge in [-0.1, -0.05) is 52.0 Å². The first kappa shape index (κ1) is 31.7. The molecule has 0 aliphatic heterocycles. The molecule has 1 amide bonds. The first-order valence-corrected chi connectivity index (χ1v) is 12.8. The molecule has 0 aliphatic rings. The molecule has 2 N–H and O–H groups in total. The van der Waals surface area contributed by atoms with Crippen LogP contribution in [0.25, 0.3) is 0 Å². The first-order valence-electron chi connectivity index (χ1n) is 12.8. The van der Waals surface area contributed by atoms with Crippen molar-refractivity contribution in [3.8, 4) is 0 Å². The smallest absolute Gasteiger partial charge is 0.238 e. The molecule has 1 unspecified atom stereocenters. The van der Waals surface area contributed by atoms with Crippen molar-refractivity contribution in [2.24, 2.45) is 5.92 Å². The molecule has 36 heavy (non-hydrogen) atoms. The van der Waals surface area contributed by atoms with Crippen LogP contribution in [-0.2, 0) is 16.1 Å². The molecule has 5 nitrogen and oxygen atoms in total. The summed E-state index contributed by atoms with van der Waals surface area (Å²) in [6, 6.07) is 9.42. The third-order valence-electron chi connectivity index (χ3n) is 5.52. The van der Waals surface area contributed by atoms with Crippen molar-refractivity contribution in [2.45, 2.75) is 73.5 Å². The summed E-state index contributed by atoms with van der Waals surface area (Å²) >= 11 is 0. The highest BCUT2D eigenvalue weighted by molar-refractivity contribution is 5.93. The minimum atomic E-state index is -0.622. The molecule has 0 aromatic heterocycles. The lowest BCUT2D eigenvalue weighted by Crippen LogP contribution is -2.34. The van der Waals surface area contributed by atoms with Gasteiger partial charge in [0.25, 0.3) is 0 Å². The van der Waals surface area contributed by atoms with Crippen molar-refractivity contribution in [2.75, 3.05) is 31.6 Å². The van der Waals surface area contributed by atoms with Crippen LogP contribution >= 0.6 is 0 Å². The van der Waals surface area contributed by atoms with Gasteiger partial charge in [-0.15, -0.1) is 0 Å². The summed E-state index contributed by atoms with van der Waals surface area (Å²) in [6.45, 7) is 15.0. The third-order valence-corrected chi connectivity index (χ3v) is 5.52.